The van der Waals surface area contributed by atoms with Gasteiger partial charge in [-0.2, -0.15) is 39.5 Å². The largest absolute Gasteiger partial charge is 0.419 e. The number of halogens is 10. The number of benzene rings is 1. The van der Waals surface area contributed by atoms with Gasteiger partial charge in [0.25, 0.3) is 0 Å². The second-order valence-corrected chi connectivity index (χ2v) is 7.36. The molecule has 1 aromatic carbocycles. The van der Waals surface area contributed by atoms with E-state index in [0.717, 1.165) is 10.8 Å². The van der Waals surface area contributed by atoms with E-state index in [1.54, 1.807) is 0 Å². The summed E-state index contributed by atoms with van der Waals surface area (Å²) in [7, 11) is 0. The molecule has 0 atom stereocenters. The molecule has 0 bridgehead atoms. The molecule has 31 heavy (non-hydrogen) atoms. The van der Waals surface area contributed by atoms with Crippen molar-refractivity contribution in [1.29, 1.82) is 0 Å². The average molecular weight is 570 g/mol. The Kier molecular flexibility index (Phi) is 5.73. The van der Waals surface area contributed by atoms with Crippen LogP contribution >= 0.6 is 22.6 Å². The minimum absolute atomic E-state index is 0.0533. The lowest BCUT2D eigenvalue weighted by molar-refractivity contribution is -0.143. The van der Waals surface area contributed by atoms with Crippen LogP contribution in [0.15, 0.2) is 39.8 Å². The molecule has 0 aliphatic carbocycles. The van der Waals surface area contributed by atoms with Gasteiger partial charge in [0.2, 0.25) is 0 Å². The molecule has 14 heteroatoms. The SMILES string of the molecule is O=c1oc(-c2cc(C(F)(F)F)cc(C(F)(F)F)c2)cn1Cc1[nH]cc(C(F)(F)F)c1I. The Morgan fingerprint density at radius 1 is 0.903 bits per heavy atom. The van der Waals surface area contributed by atoms with Crippen LogP contribution in [0.3, 0.4) is 0 Å². The molecule has 2 aromatic heterocycles. The number of H-pyrrole nitrogens is 1. The fourth-order valence-corrected chi connectivity index (χ4v) is 3.44. The van der Waals surface area contributed by atoms with Gasteiger partial charge in [-0.05, 0) is 40.8 Å². The fraction of sp³-hybridized carbons (Fsp3) is 0.235. The molecule has 0 unspecified atom stereocenters. The van der Waals surface area contributed by atoms with Crippen molar-refractivity contribution in [3.8, 4) is 11.3 Å². The molecule has 0 saturated carbocycles. The molecule has 1 N–H and O–H groups in total. The standard InChI is InChI=1S/C17H8F9IN2O2/c18-15(19,20)8-1-7(2-9(3-8)16(21,22)23)12-6-29(14(30)31-12)5-11-13(27)10(4-28-11)17(24,25)26/h1-4,6,28H,5H2. The van der Waals surface area contributed by atoms with Crippen LogP contribution in [0.1, 0.15) is 22.4 Å². The smallest absolute Gasteiger partial charge is 0.408 e. The van der Waals surface area contributed by atoms with Crippen LogP contribution in [0.25, 0.3) is 11.3 Å². The van der Waals surface area contributed by atoms with Gasteiger partial charge in [0, 0.05) is 21.0 Å². The Bertz CT molecular complexity index is 1130. The molecule has 0 spiro atoms. The van der Waals surface area contributed by atoms with Crippen molar-refractivity contribution < 1.29 is 43.9 Å². The lowest BCUT2D eigenvalue weighted by atomic mass is 10.0. The molecule has 0 amide bonds. The maximum atomic E-state index is 13.0. The molecular formula is C17H8F9IN2O2. The maximum Gasteiger partial charge on any atom is 0.419 e. The topological polar surface area (TPSA) is 50.9 Å². The van der Waals surface area contributed by atoms with Crippen molar-refractivity contribution in [3.63, 3.8) is 0 Å². The van der Waals surface area contributed by atoms with E-state index in [2.05, 4.69) is 4.98 Å². The minimum atomic E-state index is -5.10. The van der Waals surface area contributed by atoms with E-state index in [1.165, 1.54) is 22.6 Å². The number of nitrogens with one attached hydrogen (secondary N) is 1. The first kappa shape index (κ1) is 23.3. The van der Waals surface area contributed by atoms with Gasteiger partial charge in [0.1, 0.15) is 0 Å². The first-order valence-electron chi connectivity index (χ1n) is 8.00. The fourth-order valence-electron chi connectivity index (χ4n) is 2.65. The van der Waals surface area contributed by atoms with E-state index < -0.39 is 58.8 Å². The highest BCUT2D eigenvalue weighted by Crippen LogP contribution is 2.39. The third kappa shape index (κ3) is 4.93. The second-order valence-electron chi connectivity index (χ2n) is 6.28. The normalized spacial score (nSPS) is 13.1. The van der Waals surface area contributed by atoms with E-state index in [-0.39, 0.29) is 15.3 Å². The van der Waals surface area contributed by atoms with Crippen molar-refractivity contribution in [2.24, 2.45) is 0 Å². The number of rotatable bonds is 3. The molecule has 0 fully saturated rings. The molecule has 0 radical (unpaired) electrons. The van der Waals surface area contributed by atoms with Gasteiger partial charge >= 0.3 is 24.3 Å². The quantitative estimate of drug-likeness (QED) is 0.304. The summed E-state index contributed by atoms with van der Waals surface area (Å²) in [6.45, 7) is -0.484. The van der Waals surface area contributed by atoms with Crippen molar-refractivity contribution in [3.05, 3.63) is 67.1 Å². The van der Waals surface area contributed by atoms with E-state index >= 15 is 0 Å². The zero-order chi connectivity index (χ0) is 23.4. The Hall–Kier alpha value is -2.39. The van der Waals surface area contributed by atoms with E-state index in [0.29, 0.717) is 18.3 Å². The lowest BCUT2D eigenvalue weighted by Crippen LogP contribution is -2.15. The summed E-state index contributed by atoms with van der Waals surface area (Å²) in [4.78, 5) is 14.3. The lowest BCUT2D eigenvalue weighted by Gasteiger charge is -2.13. The van der Waals surface area contributed by atoms with Crippen LogP contribution in [-0.4, -0.2) is 9.55 Å². The molecule has 3 aromatic rings. The first-order valence-corrected chi connectivity index (χ1v) is 9.08. The molecule has 168 valence electrons. The monoisotopic (exact) mass is 570 g/mol. The van der Waals surface area contributed by atoms with Crippen molar-refractivity contribution in [2.75, 3.05) is 0 Å². The van der Waals surface area contributed by atoms with Gasteiger partial charge in [-0.25, -0.2) is 4.79 Å². The van der Waals surface area contributed by atoms with Gasteiger partial charge < -0.3 is 9.40 Å². The highest BCUT2D eigenvalue weighted by molar-refractivity contribution is 14.1. The minimum Gasteiger partial charge on any atom is -0.408 e. The third-order valence-corrected chi connectivity index (χ3v) is 5.34. The summed E-state index contributed by atoms with van der Waals surface area (Å²) in [6.07, 6.45) is -13.4. The Balaban J connectivity index is 2.03. The summed E-state index contributed by atoms with van der Waals surface area (Å²) in [5, 5.41) is 0. The first-order chi connectivity index (χ1) is 14.1. The van der Waals surface area contributed by atoms with Gasteiger partial charge in [-0.15, -0.1) is 0 Å². The van der Waals surface area contributed by atoms with Gasteiger partial charge in [0.05, 0.1) is 29.4 Å². The van der Waals surface area contributed by atoms with Crippen LogP contribution in [0, 0.1) is 3.57 Å². The average Bonchev–Trinajstić information content (AvgIpc) is 3.16. The van der Waals surface area contributed by atoms with Crippen LogP contribution < -0.4 is 5.76 Å². The van der Waals surface area contributed by atoms with Gasteiger partial charge in [0.15, 0.2) is 5.76 Å². The molecule has 2 heterocycles. The number of nitrogens with zero attached hydrogens (tertiary/aromatic N) is 1. The second kappa shape index (κ2) is 7.63. The number of alkyl halides is 9. The van der Waals surface area contributed by atoms with Gasteiger partial charge in [-0.3, -0.25) is 4.57 Å². The number of hydrogen-bond donors (Lipinski definition) is 1. The number of aromatic nitrogens is 2. The zero-order valence-corrected chi connectivity index (χ0v) is 16.8. The number of aromatic amines is 1. The predicted octanol–water partition coefficient (Wildman–Crippen LogP) is 6.15. The molecule has 0 aliphatic heterocycles. The Morgan fingerprint density at radius 2 is 1.45 bits per heavy atom. The van der Waals surface area contributed by atoms with Crippen LogP contribution in [0.5, 0.6) is 0 Å². The zero-order valence-electron chi connectivity index (χ0n) is 14.6. The predicted molar refractivity (Wildman–Crippen MR) is 96.0 cm³/mol. The maximum absolute atomic E-state index is 13.0. The number of oxazole rings is 1. The van der Waals surface area contributed by atoms with Crippen LogP contribution in [0.2, 0.25) is 0 Å². The summed E-state index contributed by atoms with van der Waals surface area (Å²) in [5.74, 6) is -1.79. The van der Waals surface area contributed by atoms with Crippen molar-refractivity contribution >= 4 is 22.6 Å². The van der Waals surface area contributed by atoms with Crippen molar-refractivity contribution in [1.82, 2.24) is 9.55 Å². The molecular weight excluding hydrogens is 562 g/mol. The van der Waals surface area contributed by atoms with E-state index in [9.17, 15) is 44.3 Å². The van der Waals surface area contributed by atoms with Crippen molar-refractivity contribution in [2.45, 2.75) is 25.1 Å². The summed E-state index contributed by atoms with van der Waals surface area (Å²) in [6, 6.07) is 0.661. The third-order valence-electron chi connectivity index (χ3n) is 4.10. The van der Waals surface area contributed by atoms with Crippen LogP contribution in [0.4, 0.5) is 39.5 Å². The van der Waals surface area contributed by atoms with Crippen LogP contribution in [-0.2, 0) is 25.1 Å². The summed E-state index contributed by atoms with van der Waals surface area (Å²) in [5.41, 5.74) is -4.94. The molecule has 3 rings (SSSR count). The molecule has 4 nitrogen and oxygen atoms in total. The van der Waals surface area contributed by atoms with E-state index in [4.69, 9.17) is 4.42 Å². The highest BCUT2D eigenvalue weighted by atomic mass is 127. The van der Waals surface area contributed by atoms with E-state index in [1.807, 2.05) is 0 Å². The highest BCUT2D eigenvalue weighted by Gasteiger charge is 2.38. The van der Waals surface area contributed by atoms with Gasteiger partial charge in [-0.1, -0.05) is 0 Å². The summed E-state index contributed by atoms with van der Waals surface area (Å²) >= 11 is 1.40. The summed E-state index contributed by atoms with van der Waals surface area (Å²) < 4.78 is 122. The Morgan fingerprint density at radius 3 is 1.90 bits per heavy atom. The number of hydrogen-bond acceptors (Lipinski definition) is 2. The molecule has 0 aliphatic rings. The molecule has 0 saturated heterocycles. The Labute approximate surface area is 179 Å².